The minimum atomic E-state index is -0.111. The van der Waals surface area contributed by atoms with Crippen molar-refractivity contribution in [3.05, 3.63) is 0 Å². The van der Waals surface area contributed by atoms with Crippen LogP contribution in [-0.2, 0) is 4.74 Å². The molecule has 1 spiro atoms. The molecule has 1 aliphatic heterocycles. The van der Waals surface area contributed by atoms with Crippen LogP contribution in [0.4, 0.5) is 0 Å². The van der Waals surface area contributed by atoms with Crippen LogP contribution in [0, 0.1) is 5.92 Å². The van der Waals surface area contributed by atoms with E-state index in [1.54, 1.807) is 0 Å². The number of nitrogens with zero attached hydrogens (tertiary/aromatic N) is 1. The molecule has 3 rings (SSSR count). The highest BCUT2D eigenvalue weighted by molar-refractivity contribution is 4.95. The topological polar surface area (TPSA) is 32.7 Å². The minimum Gasteiger partial charge on any atom is -0.392 e. The monoisotopic (exact) mass is 253 g/mol. The maximum absolute atomic E-state index is 10.4. The lowest BCUT2D eigenvalue weighted by atomic mass is 9.78. The summed E-state index contributed by atoms with van der Waals surface area (Å²) >= 11 is 0. The first-order valence-corrected chi connectivity index (χ1v) is 7.82. The van der Waals surface area contributed by atoms with Crippen molar-refractivity contribution in [2.75, 3.05) is 26.2 Å². The van der Waals surface area contributed by atoms with Gasteiger partial charge in [-0.2, -0.15) is 0 Å². The lowest BCUT2D eigenvalue weighted by Crippen LogP contribution is -2.57. The molecule has 1 heterocycles. The Labute approximate surface area is 110 Å². The largest absolute Gasteiger partial charge is 0.392 e. The molecule has 0 aromatic rings. The second-order valence-corrected chi connectivity index (χ2v) is 6.59. The van der Waals surface area contributed by atoms with Crippen LogP contribution in [0.5, 0.6) is 0 Å². The summed E-state index contributed by atoms with van der Waals surface area (Å²) in [4.78, 5) is 2.45. The second-order valence-electron chi connectivity index (χ2n) is 6.59. The highest BCUT2D eigenvalue weighted by atomic mass is 16.5. The molecule has 1 unspecified atom stereocenters. The fourth-order valence-corrected chi connectivity index (χ4v) is 3.89. The van der Waals surface area contributed by atoms with Gasteiger partial charge in [0.05, 0.1) is 18.3 Å². The van der Waals surface area contributed by atoms with E-state index >= 15 is 0 Å². The molecule has 2 saturated carbocycles. The van der Waals surface area contributed by atoms with Gasteiger partial charge in [-0.25, -0.2) is 0 Å². The molecule has 0 bridgehead atoms. The summed E-state index contributed by atoms with van der Waals surface area (Å²) in [6, 6.07) is 0. The molecule has 3 aliphatic rings. The van der Waals surface area contributed by atoms with Gasteiger partial charge in [0.25, 0.3) is 0 Å². The van der Waals surface area contributed by atoms with Crippen molar-refractivity contribution in [3.63, 3.8) is 0 Å². The molecule has 18 heavy (non-hydrogen) atoms. The molecular formula is C15H27NO2. The SMILES string of the molecule is OC(CN1CCOC2(CCC2)C1)C1CCCCC1. The first kappa shape index (κ1) is 12.9. The highest BCUT2D eigenvalue weighted by Gasteiger charge is 2.42. The van der Waals surface area contributed by atoms with Crippen LogP contribution in [-0.4, -0.2) is 48.0 Å². The number of hydrogen-bond acceptors (Lipinski definition) is 3. The van der Waals surface area contributed by atoms with Gasteiger partial charge in [-0.1, -0.05) is 19.3 Å². The van der Waals surface area contributed by atoms with E-state index in [1.165, 1.54) is 51.4 Å². The quantitative estimate of drug-likeness (QED) is 0.837. The fraction of sp³-hybridized carbons (Fsp3) is 1.00. The standard InChI is InChI=1S/C15H27NO2/c17-14(13-5-2-1-3-6-13)11-16-9-10-18-15(12-16)7-4-8-15/h13-14,17H,1-12H2. The molecule has 3 heteroatoms. The van der Waals surface area contributed by atoms with Crippen molar-refractivity contribution in [1.82, 2.24) is 4.90 Å². The first-order valence-electron chi connectivity index (χ1n) is 7.82. The zero-order valence-electron chi connectivity index (χ0n) is 11.4. The van der Waals surface area contributed by atoms with Gasteiger partial charge < -0.3 is 9.84 Å². The van der Waals surface area contributed by atoms with Crippen molar-refractivity contribution in [3.8, 4) is 0 Å². The molecule has 0 radical (unpaired) electrons. The Morgan fingerprint density at radius 2 is 1.94 bits per heavy atom. The Balaban J connectivity index is 1.49. The average molecular weight is 253 g/mol. The van der Waals surface area contributed by atoms with E-state index < -0.39 is 0 Å². The summed E-state index contributed by atoms with van der Waals surface area (Å²) < 4.78 is 5.94. The van der Waals surface area contributed by atoms with Crippen LogP contribution in [0.15, 0.2) is 0 Å². The van der Waals surface area contributed by atoms with Crippen molar-refractivity contribution in [2.24, 2.45) is 5.92 Å². The van der Waals surface area contributed by atoms with E-state index in [9.17, 15) is 5.11 Å². The maximum atomic E-state index is 10.4. The lowest BCUT2D eigenvalue weighted by Gasteiger charge is -2.49. The number of rotatable bonds is 3. The summed E-state index contributed by atoms with van der Waals surface area (Å²) in [5, 5.41) is 10.4. The molecule has 1 N–H and O–H groups in total. The third-order valence-corrected chi connectivity index (χ3v) is 5.23. The molecule has 0 aromatic heterocycles. The Morgan fingerprint density at radius 1 is 1.17 bits per heavy atom. The summed E-state index contributed by atoms with van der Waals surface area (Å²) in [6.07, 6.45) is 10.1. The van der Waals surface area contributed by atoms with Crippen LogP contribution in [0.2, 0.25) is 0 Å². The highest BCUT2D eigenvalue weighted by Crippen LogP contribution is 2.38. The van der Waals surface area contributed by atoms with Crippen LogP contribution < -0.4 is 0 Å². The predicted octanol–water partition coefficient (Wildman–Crippen LogP) is 2.18. The number of hydrogen-bond donors (Lipinski definition) is 1. The predicted molar refractivity (Wildman–Crippen MR) is 71.6 cm³/mol. The zero-order valence-corrected chi connectivity index (χ0v) is 11.4. The normalized spacial score (nSPS) is 31.2. The zero-order chi connectivity index (χ0) is 12.4. The number of aliphatic hydroxyl groups excluding tert-OH is 1. The molecule has 1 atom stereocenters. The fourth-order valence-electron chi connectivity index (χ4n) is 3.89. The van der Waals surface area contributed by atoms with E-state index in [-0.39, 0.29) is 11.7 Å². The molecule has 3 fully saturated rings. The van der Waals surface area contributed by atoms with E-state index in [0.717, 1.165) is 26.2 Å². The van der Waals surface area contributed by atoms with Crippen molar-refractivity contribution in [1.29, 1.82) is 0 Å². The van der Waals surface area contributed by atoms with E-state index in [1.807, 2.05) is 0 Å². The van der Waals surface area contributed by atoms with Gasteiger partial charge in [-0.05, 0) is 38.0 Å². The summed E-state index contributed by atoms with van der Waals surface area (Å²) in [5.41, 5.74) is 0.171. The van der Waals surface area contributed by atoms with Crippen LogP contribution in [0.25, 0.3) is 0 Å². The van der Waals surface area contributed by atoms with Gasteiger partial charge in [0.2, 0.25) is 0 Å². The van der Waals surface area contributed by atoms with Gasteiger partial charge in [-0.3, -0.25) is 4.90 Å². The summed E-state index contributed by atoms with van der Waals surface area (Å²) in [5.74, 6) is 0.555. The Hall–Kier alpha value is -0.120. The van der Waals surface area contributed by atoms with Crippen LogP contribution >= 0.6 is 0 Å². The Morgan fingerprint density at radius 3 is 2.61 bits per heavy atom. The number of β-amino-alcohol motifs (C(OH)–C–C–N with tert-alkyl or cyclic N) is 1. The molecule has 0 amide bonds. The molecule has 104 valence electrons. The molecule has 3 nitrogen and oxygen atoms in total. The molecule has 1 saturated heterocycles. The summed E-state index contributed by atoms with van der Waals surface area (Å²) in [6.45, 7) is 3.79. The van der Waals surface area contributed by atoms with E-state index in [0.29, 0.717) is 5.92 Å². The number of aliphatic hydroxyl groups is 1. The van der Waals surface area contributed by atoms with Gasteiger partial charge in [0, 0.05) is 19.6 Å². The van der Waals surface area contributed by atoms with E-state index in [4.69, 9.17) is 4.74 Å². The van der Waals surface area contributed by atoms with Gasteiger partial charge in [-0.15, -0.1) is 0 Å². The first-order chi connectivity index (χ1) is 8.77. The third-order valence-electron chi connectivity index (χ3n) is 5.23. The Kier molecular flexibility index (Phi) is 3.92. The van der Waals surface area contributed by atoms with E-state index in [2.05, 4.69) is 4.90 Å². The lowest BCUT2D eigenvalue weighted by molar-refractivity contribution is -0.156. The van der Waals surface area contributed by atoms with Crippen LogP contribution in [0.1, 0.15) is 51.4 Å². The second kappa shape index (κ2) is 5.48. The molecule has 2 aliphatic carbocycles. The van der Waals surface area contributed by atoms with Crippen LogP contribution in [0.3, 0.4) is 0 Å². The molecule has 0 aromatic carbocycles. The van der Waals surface area contributed by atoms with Crippen molar-refractivity contribution < 1.29 is 9.84 Å². The van der Waals surface area contributed by atoms with Crippen molar-refractivity contribution >= 4 is 0 Å². The smallest absolute Gasteiger partial charge is 0.0809 e. The Bertz CT molecular complexity index is 272. The third kappa shape index (κ3) is 2.73. The average Bonchev–Trinajstić information content (AvgIpc) is 2.38. The van der Waals surface area contributed by atoms with Crippen molar-refractivity contribution in [2.45, 2.75) is 63.1 Å². The van der Waals surface area contributed by atoms with Gasteiger partial charge in [0.1, 0.15) is 0 Å². The molecular weight excluding hydrogens is 226 g/mol. The minimum absolute atomic E-state index is 0.111. The summed E-state index contributed by atoms with van der Waals surface area (Å²) in [7, 11) is 0. The number of ether oxygens (including phenoxy) is 1. The maximum Gasteiger partial charge on any atom is 0.0809 e. The number of morpholine rings is 1. The van der Waals surface area contributed by atoms with Gasteiger partial charge in [0.15, 0.2) is 0 Å². The van der Waals surface area contributed by atoms with Gasteiger partial charge >= 0.3 is 0 Å².